The minimum absolute atomic E-state index is 0.0139. The van der Waals surface area contributed by atoms with Crippen molar-refractivity contribution in [3.05, 3.63) is 42.7 Å². The summed E-state index contributed by atoms with van der Waals surface area (Å²) >= 11 is 0. The average molecular weight is 316 g/mol. The molecule has 1 fully saturated rings. The van der Waals surface area contributed by atoms with Gasteiger partial charge in [-0.1, -0.05) is 0 Å². The normalized spacial score (nSPS) is 20.7. The van der Waals surface area contributed by atoms with Crippen molar-refractivity contribution in [2.24, 2.45) is 11.8 Å². The molecule has 1 aliphatic heterocycles. The molecule has 0 saturated carbocycles. The molecule has 1 amide bonds. The first kappa shape index (κ1) is 15.5. The van der Waals surface area contributed by atoms with E-state index in [1.54, 1.807) is 19.6 Å². The van der Waals surface area contributed by atoms with Crippen LogP contribution in [0.4, 0.5) is 5.82 Å². The van der Waals surface area contributed by atoms with E-state index in [0.29, 0.717) is 19.7 Å². The van der Waals surface area contributed by atoms with Crippen molar-refractivity contribution in [2.45, 2.75) is 6.54 Å². The fraction of sp³-hybridized carbons (Fsp3) is 0.438. The molecule has 2 aromatic heterocycles. The Morgan fingerprint density at radius 2 is 2.39 bits per heavy atom. The second-order valence-corrected chi connectivity index (χ2v) is 5.59. The number of rotatable bonds is 6. The third-order valence-electron chi connectivity index (χ3n) is 4.07. The Labute approximate surface area is 134 Å². The maximum atomic E-state index is 12.5. The number of furan rings is 1. The van der Waals surface area contributed by atoms with E-state index in [9.17, 15) is 4.79 Å². The molecule has 7 heteroatoms. The van der Waals surface area contributed by atoms with E-state index in [4.69, 9.17) is 9.15 Å². The van der Waals surface area contributed by atoms with E-state index in [-0.39, 0.29) is 17.7 Å². The summed E-state index contributed by atoms with van der Waals surface area (Å²) in [5, 5.41) is 2.94. The number of carbonyl (C=O) groups excluding carboxylic acids is 1. The van der Waals surface area contributed by atoms with Gasteiger partial charge < -0.3 is 19.4 Å². The molecule has 0 aliphatic carbocycles. The molecule has 3 rings (SSSR count). The van der Waals surface area contributed by atoms with Gasteiger partial charge in [-0.05, 0) is 18.2 Å². The molecular formula is C16H20N4O3. The fourth-order valence-corrected chi connectivity index (χ4v) is 2.93. The molecule has 122 valence electrons. The van der Waals surface area contributed by atoms with E-state index >= 15 is 0 Å². The molecule has 1 saturated heterocycles. The third kappa shape index (κ3) is 3.68. The van der Waals surface area contributed by atoms with Crippen LogP contribution in [0.1, 0.15) is 5.76 Å². The van der Waals surface area contributed by atoms with Crippen LogP contribution in [-0.4, -0.2) is 42.7 Å². The van der Waals surface area contributed by atoms with E-state index in [1.165, 1.54) is 6.33 Å². The molecule has 1 aliphatic rings. The van der Waals surface area contributed by atoms with E-state index in [0.717, 1.165) is 18.1 Å². The Kier molecular flexibility index (Phi) is 4.87. The topological polar surface area (TPSA) is 80.5 Å². The molecule has 0 unspecified atom stereocenters. The highest BCUT2D eigenvalue weighted by molar-refractivity contribution is 5.80. The number of carbonyl (C=O) groups is 1. The highest BCUT2D eigenvalue weighted by Gasteiger charge is 2.38. The summed E-state index contributed by atoms with van der Waals surface area (Å²) in [7, 11) is 1.66. The maximum Gasteiger partial charge on any atom is 0.225 e. The third-order valence-corrected chi connectivity index (χ3v) is 4.07. The number of methoxy groups -OCH3 is 1. The number of amides is 1. The van der Waals surface area contributed by atoms with Crippen LogP contribution in [0.3, 0.4) is 0 Å². The summed E-state index contributed by atoms with van der Waals surface area (Å²) < 4.78 is 10.5. The largest absolute Gasteiger partial charge is 0.467 e. The smallest absolute Gasteiger partial charge is 0.225 e. The van der Waals surface area contributed by atoms with Crippen LogP contribution >= 0.6 is 0 Å². The van der Waals surface area contributed by atoms with Gasteiger partial charge in [-0.3, -0.25) is 4.79 Å². The quantitative estimate of drug-likeness (QED) is 0.859. The first-order valence-corrected chi connectivity index (χ1v) is 7.58. The van der Waals surface area contributed by atoms with Gasteiger partial charge in [0.2, 0.25) is 5.91 Å². The Bertz CT molecular complexity index is 618. The minimum Gasteiger partial charge on any atom is -0.467 e. The zero-order chi connectivity index (χ0) is 16.1. The number of aromatic nitrogens is 2. The lowest BCUT2D eigenvalue weighted by Gasteiger charge is -2.16. The standard InChI is InChI=1S/C16H20N4O3/c1-22-10-12-8-20(15-4-5-17-11-19-15)9-14(12)16(21)18-7-13-3-2-6-23-13/h2-6,11-12,14H,7-10H2,1H3,(H,18,21)/t12-,14+/m0/s1. The Hall–Kier alpha value is -2.41. The van der Waals surface area contributed by atoms with Gasteiger partial charge >= 0.3 is 0 Å². The van der Waals surface area contributed by atoms with Gasteiger partial charge in [-0.15, -0.1) is 0 Å². The number of anilines is 1. The van der Waals surface area contributed by atoms with Crippen molar-refractivity contribution >= 4 is 11.7 Å². The monoisotopic (exact) mass is 316 g/mol. The predicted octanol–water partition coefficient (Wildman–Crippen LogP) is 1.08. The van der Waals surface area contributed by atoms with Gasteiger partial charge in [0.05, 0.1) is 25.3 Å². The molecule has 0 spiro atoms. The van der Waals surface area contributed by atoms with Gasteiger partial charge in [0.15, 0.2) is 0 Å². The zero-order valence-corrected chi connectivity index (χ0v) is 13.0. The minimum atomic E-state index is -0.139. The Morgan fingerprint density at radius 3 is 3.09 bits per heavy atom. The molecule has 0 aromatic carbocycles. The molecule has 0 radical (unpaired) electrons. The molecule has 3 heterocycles. The summed E-state index contributed by atoms with van der Waals surface area (Å²) in [6, 6.07) is 5.50. The van der Waals surface area contributed by atoms with Gasteiger partial charge in [-0.25, -0.2) is 9.97 Å². The number of hydrogen-bond donors (Lipinski definition) is 1. The lowest BCUT2D eigenvalue weighted by Crippen LogP contribution is -2.36. The fourth-order valence-electron chi connectivity index (χ4n) is 2.93. The zero-order valence-electron chi connectivity index (χ0n) is 13.0. The predicted molar refractivity (Wildman–Crippen MR) is 83.7 cm³/mol. The van der Waals surface area contributed by atoms with Crippen LogP contribution in [0.15, 0.2) is 41.4 Å². The van der Waals surface area contributed by atoms with Crippen molar-refractivity contribution in [1.29, 1.82) is 0 Å². The van der Waals surface area contributed by atoms with Crippen molar-refractivity contribution < 1.29 is 13.9 Å². The SMILES string of the molecule is COC[C@@H]1CN(c2ccncn2)C[C@H]1C(=O)NCc1ccco1. The van der Waals surface area contributed by atoms with E-state index in [1.807, 2.05) is 18.2 Å². The average Bonchev–Trinajstić information content (AvgIpc) is 3.23. The highest BCUT2D eigenvalue weighted by atomic mass is 16.5. The van der Waals surface area contributed by atoms with Crippen molar-refractivity contribution in [3.8, 4) is 0 Å². The lowest BCUT2D eigenvalue weighted by molar-refractivity contribution is -0.126. The Morgan fingerprint density at radius 1 is 1.48 bits per heavy atom. The molecular weight excluding hydrogens is 296 g/mol. The van der Waals surface area contributed by atoms with Crippen LogP contribution in [0.2, 0.25) is 0 Å². The summed E-state index contributed by atoms with van der Waals surface area (Å²) in [4.78, 5) is 22.8. The highest BCUT2D eigenvalue weighted by Crippen LogP contribution is 2.27. The van der Waals surface area contributed by atoms with Crippen molar-refractivity contribution in [2.75, 3.05) is 31.7 Å². The molecule has 2 aromatic rings. The number of nitrogens with zero attached hydrogens (tertiary/aromatic N) is 3. The second-order valence-electron chi connectivity index (χ2n) is 5.59. The molecule has 0 bridgehead atoms. The van der Waals surface area contributed by atoms with E-state index in [2.05, 4.69) is 20.2 Å². The van der Waals surface area contributed by atoms with Crippen molar-refractivity contribution in [3.63, 3.8) is 0 Å². The van der Waals surface area contributed by atoms with Gasteiger partial charge in [0.25, 0.3) is 0 Å². The van der Waals surface area contributed by atoms with Crippen LogP contribution in [0.5, 0.6) is 0 Å². The summed E-state index contributed by atoms with van der Waals surface area (Å²) in [5.41, 5.74) is 0. The summed E-state index contributed by atoms with van der Waals surface area (Å²) in [6.07, 6.45) is 4.82. The van der Waals surface area contributed by atoms with Crippen LogP contribution in [0, 0.1) is 11.8 Å². The second kappa shape index (κ2) is 7.23. The van der Waals surface area contributed by atoms with Crippen LogP contribution in [0.25, 0.3) is 0 Å². The summed E-state index contributed by atoms with van der Waals surface area (Å²) in [5.74, 6) is 1.58. The van der Waals surface area contributed by atoms with Gasteiger partial charge in [-0.2, -0.15) is 0 Å². The number of ether oxygens (including phenoxy) is 1. The van der Waals surface area contributed by atoms with E-state index < -0.39 is 0 Å². The van der Waals surface area contributed by atoms with Gasteiger partial charge in [0, 0.05) is 32.3 Å². The maximum absolute atomic E-state index is 12.5. The number of nitrogens with one attached hydrogen (secondary N) is 1. The first-order chi connectivity index (χ1) is 11.3. The molecule has 7 nitrogen and oxygen atoms in total. The van der Waals surface area contributed by atoms with Crippen LogP contribution < -0.4 is 10.2 Å². The van der Waals surface area contributed by atoms with Gasteiger partial charge in [0.1, 0.15) is 17.9 Å². The molecule has 1 N–H and O–H groups in total. The molecule has 2 atom stereocenters. The lowest BCUT2D eigenvalue weighted by atomic mass is 9.96. The Balaban J connectivity index is 1.65. The molecule has 23 heavy (non-hydrogen) atoms. The van der Waals surface area contributed by atoms with Crippen molar-refractivity contribution in [1.82, 2.24) is 15.3 Å². The number of hydrogen-bond acceptors (Lipinski definition) is 6. The first-order valence-electron chi connectivity index (χ1n) is 7.58. The summed E-state index contributed by atoms with van der Waals surface area (Å²) in [6.45, 7) is 2.30. The van der Waals surface area contributed by atoms with Crippen LogP contribution in [-0.2, 0) is 16.1 Å².